The Morgan fingerprint density at radius 3 is 2.65 bits per heavy atom. The highest BCUT2D eigenvalue weighted by atomic mass is 19.1. The van der Waals surface area contributed by atoms with Crippen molar-refractivity contribution in [1.29, 1.82) is 0 Å². The van der Waals surface area contributed by atoms with Crippen molar-refractivity contribution < 1.29 is 23.6 Å². The summed E-state index contributed by atoms with van der Waals surface area (Å²) in [6, 6.07) is 18.4. The number of esters is 1. The van der Waals surface area contributed by atoms with Crippen molar-refractivity contribution in [3.63, 3.8) is 0 Å². The van der Waals surface area contributed by atoms with Crippen LogP contribution >= 0.6 is 0 Å². The molecule has 0 saturated carbocycles. The maximum atomic E-state index is 13.6. The number of rotatable bonds is 11. The van der Waals surface area contributed by atoms with Crippen LogP contribution in [-0.2, 0) is 29.1 Å². The number of methoxy groups -OCH3 is 2. The molecule has 1 unspecified atom stereocenters. The maximum absolute atomic E-state index is 13.6. The van der Waals surface area contributed by atoms with Gasteiger partial charge in [0.15, 0.2) is 0 Å². The predicted molar refractivity (Wildman–Crippen MR) is 117 cm³/mol. The molecule has 0 saturated heterocycles. The monoisotopic (exact) mass is 425 g/mol. The van der Waals surface area contributed by atoms with Gasteiger partial charge in [-0.1, -0.05) is 30.3 Å². The van der Waals surface area contributed by atoms with E-state index in [0.29, 0.717) is 25.3 Å². The number of ether oxygens (including phenoxy) is 2. The van der Waals surface area contributed by atoms with Crippen molar-refractivity contribution in [2.75, 3.05) is 27.4 Å². The van der Waals surface area contributed by atoms with Gasteiger partial charge < -0.3 is 18.9 Å². The average molecular weight is 426 g/mol. The highest BCUT2D eigenvalue weighted by molar-refractivity contribution is 5.90. The molecule has 2 aromatic carbocycles. The Kier molecular flexibility index (Phi) is 8.38. The van der Waals surface area contributed by atoms with Gasteiger partial charge in [0.05, 0.1) is 31.5 Å². The second-order valence-corrected chi connectivity index (χ2v) is 7.61. The van der Waals surface area contributed by atoms with Gasteiger partial charge in [0.2, 0.25) is 0 Å². The zero-order chi connectivity index (χ0) is 22.1. The van der Waals surface area contributed by atoms with Gasteiger partial charge in [-0.25, -0.2) is 9.18 Å². The average Bonchev–Trinajstić information content (AvgIpc) is 3.20. The van der Waals surface area contributed by atoms with Gasteiger partial charge in [-0.15, -0.1) is 0 Å². The van der Waals surface area contributed by atoms with E-state index in [1.54, 1.807) is 25.3 Å². The Morgan fingerprint density at radius 1 is 1.03 bits per heavy atom. The predicted octanol–water partition coefficient (Wildman–Crippen LogP) is 3.08. The van der Waals surface area contributed by atoms with Crippen LogP contribution in [0.2, 0.25) is 0 Å². The molecule has 0 amide bonds. The van der Waals surface area contributed by atoms with Gasteiger partial charge in [-0.3, -0.25) is 0 Å². The number of quaternary nitrogens is 1. The Hall–Kier alpha value is -2.96. The Labute approximate surface area is 183 Å². The summed E-state index contributed by atoms with van der Waals surface area (Å²) in [4.78, 5) is 13.5. The molecule has 0 fully saturated rings. The van der Waals surface area contributed by atoms with E-state index in [-0.39, 0.29) is 11.8 Å². The van der Waals surface area contributed by atoms with Gasteiger partial charge in [-0.05, 0) is 35.9 Å². The first-order valence-corrected chi connectivity index (χ1v) is 10.5. The second-order valence-electron chi connectivity index (χ2n) is 7.61. The van der Waals surface area contributed by atoms with Gasteiger partial charge >= 0.3 is 5.97 Å². The summed E-state index contributed by atoms with van der Waals surface area (Å²) in [6.45, 7) is 3.67. The molecule has 164 valence electrons. The third-order valence-electron chi connectivity index (χ3n) is 5.34. The van der Waals surface area contributed by atoms with Crippen LogP contribution in [0.3, 0.4) is 0 Å². The van der Waals surface area contributed by atoms with Gasteiger partial charge in [0, 0.05) is 31.8 Å². The molecule has 1 heterocycles. The van der Waals surface area contributed by atoms with E-state index in [1.165, 1.54) is 18.1 Å². The normalized spacial score (nSPS) is 12.0. The molecular formula is C25H30FN2O3+. The molecule has 0 radical (unpaired) electrons. The number of carbonyl (C=O) groups excluding carboxylic acids is 1. The maximum Gasteiger partial charge on any atom is 0.338 e. The number of hydrogen-bond acceptors (Lipinski definition) is 3. The van der Waals surface area contributed by atoms with Gasteiger partial charge in [0.1, 0.15) is 18.9 Å². The Bertz CT molecular complexity index is 986. The lowest BCUT2D eigenvalue weighted by molar-refractivity contribution is -0.928. The quantitative estimate of drug-likeness (QED) is 0.379. The number of aromatic nitrogens is 1. The van der Waals surface area contributed by atoms with Crippen molar-refractivity contribution >= 4 is 5.97 Å². The summed E-state index contributed by atoms with van der Waals surface area (Å²) in [5.74, 6) is -0.543. The lowest BCUT2D eigenvalue weighted by atomic mass is 10.1. The first-order chi connectivity index (χ1) is 15.1. The second kappa shape index (κ2) is 11.4. The summed E-state index contributed by atoms with van der Waals surface area (Å²) in [5.41, 5.74) is 3.65. The molecule has 3 rings (SSSR count). The van der Waals surface area contributed by atoms with Gasteiger partial charge in [0.25, 0.3) is 0 Å². The van der Waals surface area contributed by atoms with Crippen molar-refractivity contribution in [3.8, 4) is 0 Å². The molecule has 0 aliphatic carbocycles. The van der Waals surface area contributed by atoms with Crippen molar-refractivity contribution in [1.82, 2.24) is 4.57 Å². The van der Waals surface area contributed by atoms with E-state index in [4.69, 9.17) is 9.47 Å². The summed E-state index contributed by atoms with van der Waals surface area (Å²) in [5, 5.41) is 0. The molecule has 3 aromatic rings. The third-order valence-corrected chi connectivity index (χ3v) is 5.34. The van der Waals surface area contributed by atoms with Gasteiger partial charge in [-0.2, -0.15) is 0 Å². The lowest BCUT2D eigenvalue weighted by Crippen LogP contribution is -3.09. The van der Waals surface area contributed by atoms with Crippen molar-refractivity contribution in [2.24, 2.45) is 0 Å². The van der Waals surface area contributed by atoms with Crippen LogP contribution in [0.4, 0.5) is 4.39 Å². The molecular weight excluding hydrogens is 395 g/mol. The number of hydrogen-bond donors (Lipinski definition) is 1. The Balaban J connectivity index is 1.78. The molecule has 1 atom stereocenters. The fourth-order valence-electron chi connectivity index (χ4n) is 3.81. The summed E-state index contributed by atoms with van der Waals surface area (Å²) < 4.78 is 25.9. The summed E-state index contributed by atoms with van der Waals surface area (Å²) in [7, 11) is 3.11. The van der Waals surface area contributed by atoms with Crippen LogP contribution in [0.1, 0.15) is 33.6 Å². The molecule has 6 heteroatoms. The van der Waals surface area contributed by atoms with E-state index in [2.05, 4.69) is 10.6 Å². The van der Waals surface area contributed by atoms with Crippen LogP contribution in [0.25, 0.3) is 0 Å². The van der Waals surface area contributed by atoms with Crippen molar-refractivity contribution in [3.05, 3.63) is 95.1 Å². The van der Waals surface area contributed by atoms with E-state index in [9.17, 15) is 9.18 Å². The number of nitrogens with zero attached hydrogens (tertiary/aromatic N) is 1. The van der Waals surface area contributed by atoms with Crippen LogP contribution in [-0.4, -0.2) is 37.9 Å². The molecule has 1 aromatic heterocycles. The molecule has 31 heavy (non-hydrogen) atoms. The molecule has 0 spiro atoms. The minimum atomic E-state index is -0.318. The topological polar surface area (TPSA) is 44.9 Å². The number of carbonyl (C=O) groups is 1. The van der Waals surface area contributed by atoms with E-state index in [1.807, 2.05) is 36.5 Å². The smallest absolute Gasteiger partial charge is 0.338 e. The molecule has 1 N–H and O–H groups in total. The lowest BCUT2D eigenvalue weighted by Gasteiger charge is -2.22. The SMILES string of the molecule is COCCC[NH+](Cc1ccccc1C(=O)OC)Cc1cccn1Cc1cccc(F)c1. The first kappa shape index (κ1) is 22.7. The third kappa shape index (κ3) is 6.51. The summed E-state index contributed by atoms with van der Waals surface area (Å²) in [6.07, 6.45) is 2.94. The van der Waals surface area contributed by atoms with E-state index in [0.717, 1.165) is 36.3 Å². The van der Waals surface area contributed by atoms with E-state index < -0.39 is 0 Å². The minimum Gasteiger partial charge on any atom is -0.465 e. The largest absolute Gasteiger partial charge is 0.465 e. The Morgan fingerprint density at radius 2 is 1.87 bits per heavy atom. The van der Waals surface area contributed by atoms with Crippen molar-refractivity contribution in [2.45, 2.75) is 26.1 Å². The molecule has 0 aliphatic heterocycles. The highest BCUT2D eigenvalue weighted by Crippen LogP contribution is 2.11. The zero-order valence-electron chi connectivity index (χ0n) is 18.1. The summed E-state index contributed by atoms with van der Waals surface area (Å²) >= 11 is 0. The number of halogens is 1. The number of benzene rings is 2. The molecule has 0 aliphatic rings. The zero-order valence-corrected chi connectivity index (χ0v) is 18.1. The number of nitrogens with one attached hydrogen (secondary N) is 1. The highest BCUT2D eigenvalue weighted by Gasteiger charge is 2.18. The fraction of sp³-hybridized carbons (Fsp3) is 0.320. The molecule has 0 bridgehead atoms. The fourth-order valence-corrected chi connectivity index (χ4v) is 3.81. The van der Waals surface area contributed by atoms with Crippen LogP contribution < -0.4 is 4.90 Å². The van der Waals surface area contributed by atoms with E-state index >= 15 is 0 Å². The van der Waals surface area contributed by atoms with Crippen LogP contribution in [0.5, 0.6) is 0 Å². The first-order valence-electron chi connectivity index (χ1n) is 10.5. The molecule has 5 nitrogen and oxygen atoms in total. The minimum absolute atomic E-state index is 0.225. The van der Waals surface area contributed by atoms with Crippen LogP contribution in [0.15, 0.2) is 66.9 Å². The standard InChI is InChI=1S/C25H29FN2O3/c1-30-15-7-13-27(18-21-9-3-4-12-24(21)25(29)31-2)19-23-11-6-14-28(23)17-20-8-5-10-22(26)16-20/h3-6,8-12,14,16H,7,13,15,17-19H2,1-2H3/p+1. The van der Waals surface area contributed by atoms with Crippen LogP contribution in [0, 0.1) is 5.82 Å².